The van der Waals surface area contributed by atoms with Crippen LogP contribution in [0.2, 0.25) is 5.02 Å². The highest BCUT2D eigenvalue weighted by atomic mass is 35.5. The number of benzene rings is 3. The zero-order valence-electron chi connectivity index (χ0n) is 23.8. The molecule has 3 aromatic rings. The van der Waals surface area contributed by atoms with Crippen molar-refractivity contribution in [3.63, 3.8) is 0 Å². The first kappa shape index (κ1) is 32.0. The maximum atomic E-state index is 14.1. The molecular weight excluding hydrogens is 562 g/mol. The van der Waals surface area contributed by atoms with Gasteiger partial charge in [-0.05, 0) is 73.9 Å². The lowest BCUT2D eigenvalue weighted by Crippen LogP contribution is -2.52. The monoisotopic (exact) mass is 599 g/mol. The van der Waals surface area contributed by atoms with E-state index in [0.717, 1.165) is 22.7 Å². The van der Waals surface area contributed by atoms with Crippen molar-refractivity contribution in [2.45, 2.75) is 57.5 Å². The summed E-state index contributed by atoms with van der Waals surface area (Å²) in [6.45, 7) is 6.28. The van der Waals surface area contributed by atoms with Crippen molar-refractivity contribution in [3.8, 4) is 5.75 Å². The molecule has 1 unspecified atom stereocenters. The largest absolute Gasteiger partial charge is 0.494 e. The molecule has 0 aliphatic rings. The highest BCUT2D eigenvalue weighted by Crippen LogP contribution is 2.27. The van der Waals surface area contributed by atoms with E-state index < -0.39 is 28.5 Å². The SMILES string of the molecule is CCCCNC(=O)C(CC)N(Cc1ccc(Cl)cc1)C(=O)CN(c1ccc(OCC)cc1)S(=O)(=O)c1ccccc1. The minimum Gasteiger partial charge on any atom is -0.494 e. The van der Waals surface area contributed by atoms with Crippen LogP contribution in [0.1, 0.15) is 45.6 Å². The molecule has 0 radical (unpaired) electrons. The van der Waals surface area contributed by atoms with Crippen molar-refractivity contribution in [1.29, 1.82) is 0 Å². The molecule has 10 heteroatoms. The lowest BCUT2D eigenvalue weighted by molar-refractivity contribution is -0.140. The summed E-state index contributed by atoms with van der Waals surface area (Å²) in [6.07, 6.45) is 2.08. The number of carbonyl (C=O) groups excluding carboxylic acids is 2. The van der Waals surface area contributed by atoms with Gasteiger partial charge < -0.3 is 15.0 Å². The molecule has 2 amide bonds. The molecular formula is C31H38ClN3O5S. The molecule has 0 aromatic heterocycles. The van der Waals surface area contributed by atoms with Gasteiger partial charge in [0.05, 0.1) is 17.2 Å². The quantitative estimate of drug-likeness (QED) is 0.228. The number of nitrogens with zero attached hydrogens (tertiary/aromatic N) is 2. The summed E-state index contributed by atoms with van der Waals surface area (Å²) in [5, 5.41) is 3.47. The number of nitrogens with one attached hydrogen (secondary N) is 1. The van der Waals surface area contributed by atoms with E-state index in [4.69, 9.17) is 16.3 Å². The lowest BCUT2D eigenvalue weighted by Gasteiger charge is -2.33. The first-order valence-electron chi connectivity index (χ1n) is 13.8. The molecule has 0 aliphatic carbocycles. The van der Waals surface area contributed by atoms with Crippen LogP contribution in [0.5, 0.6) is 5.75 Å². The summed E-state index contributed by atoms with van der Waals surface area (Å²) >= 11 is 6.07. The topological polar surface area (TPSA) is 96.0 Å². The second kappa shape index (κ2) is 15.4. The number of unbranched alkanes of at least 4 members (excludes halogenated alkanes) is 1. The van der Waals surface area contributed by atoms with Crippen LogP contribution in [0.4, 0.5) is 5.69 Å². The van der Waals surface area contributed by atoms with Gasteiger partial charge in [0.1, 0.15) is 18.3 Å². The van der Waals surface area contributed by atoms with E-state index in [1.807, 2.05) is 20.8 Å². The van der Waals surface area contributed by atoms with Crippen LogP contribution >= 0.6 is 11.6 Å². The zero-order chi connectivity index (χ0) is 29.8. The van der Waals surface area contributed by atoms with Crippen LogP contribution in [-0.4, -0.2) is 50.9 Å². The van der Waals surface area contributed by atoms with Crippen molar-refractivity contribution in [1.82, 2.24) is 10.2 Å². The maximum Gasteiger partial charge on any atom is 0.264 e. The van der Waals surface area contributed by atoms with Gasteiger partial charge in [0.15, 0.2) is 0 Å². The molecule has 1 atom stereocenters. The van der Waals surface area contributed by atoms with Crippen molar-refractivity contribution < 1.29 is 22.7 Å². The van der Waals surface area contributed by atoms with Gasteiger partial charge in [-0.3, -0.25) is 13.9 Å². The van der Waals surface area contributed by atoms with E-state index in [1.165, 1.54) is 17.0 Å². The Bertz CT molecular complexity index is 1370. The number of amides is 2. The third-order valence-corrected chi connectivity index (χ3v) is 8.57. The smallest absolute Gasteiger partial charge is 0.264 e. The minimum atomic E-state index is -4.13. The molecule has 0 spiro atoms. The van der Waals surface area contributed by atoms with Gasteiger partial charge in [-0.2, -0.15) is 0 Å². The van der Waals surface area contributed by atoms with E-state index in [0.29, 0.717) is 36.0 Å². The van der Waals surface area contributed by atoms with Crippen LogP contribution in [0.15, 0.2) is 83.8 Å². The summed E-state index contributed by atoms with van der Waals surface area (Å²) in [4.78, 5) is 28.8. The fourth-order valence-corrected chi connectivity index (χ4v) is 5.90. The number of sulfonamides is 1. The van der Waals surface area contributed by atoms with Crippen LogP contribution in [0.25, 0.3) is 0 Å². The molecule has 0 saturated heterocycles. The number of anilines is 1. The van der Waals surface area contributed by atoms with Gasteiger partial charge in [-0.25, -0.2) is 8.42 Å². The zero-order valence-corrected chi connectivity index (χ0v) is 25.3. The number of carbonyl (C=O) groups is 2. The van der Waals surface area contributed by atoms with Crippen LogP contribution < -0.4 is 14.4 Å². The van der Waals surface area contributed by atoms with Crippen molar-refractivity contribution in [2.24, 2.45) is 0 Å². The number of rotatable bonds is 15. The van der Waals surface area contributed by atoms with Crippen molar-refractivity contribution in [3.05, 3.63) is 89.4 Å². The molecule has 3 aromatic carbocycles. The predicted octanol–water partition coefficient (Wildman–Crippen LogP) is 5.66. The Morgan fingerprint density at radius 2 is 1.59 bits per heavy atom. The Hall–Kier alpha value is -3.56. The van der Waals surface area contributed by atoms with Crippen LogP contribution in [-0.2, 0) is 26.2 Å². The van der Waals surface area contributed by atoms with Crippen LogP contribution in [0.3, 0.4) is 0 Å². The Morgan fingerprint density at radius 1 is 0.927 bits per heavy atom. The van der Waals surface area contributed by atoms with Crippen LogP contribution in [0, 0.1) is 0 Å². The average molecular weight is 600 g/mol. The first-order valence-corrected chi connectivity index (χ1v) is 15.6. The molecule has 1 N–H and O–H groups in total. The Balaban J connectivity index is 2.02. The standard InChI is InChI=1S/C31H38ClN3O5S/c1-4-7-21-33-31(37)29(5-2)34(22-24-13-15-25(32)16-14-24)30(36)23-35(26-17-19-27(20-18-26)40-6-3)41(38,39)28-11-9-8-10-12-28/h8-20,29H,4-7,21-23H2,1-3H3,(H,33,37). The molecule has 0 heterocycles. The average Bonchev–Trinajstić information content (AvgIpc) is 2.98. The van der Waals surface area contributed by atoms with Gasteiger partial charge in [-0.15, -0.1) is 0 Å². The summed E-state index contributed by atoms with van der Waals surface area (Å²) in [7, 11) is -4.13. The molecule has 0 bridgehead atoms. The highest BCUT2D eigenvalue weighted by molar-refractivity contribution is 7.92. The fraction of sp³-hybridized carbons (Fsp3) is 0.355. The second-order valence-electron chi connectivity index (χ2n) is 9.47. The maximum absolute atomic E-state index is 14.1. The first-order chi connectivity index (χ1) is 19.7. The van der Waals surface area contributed by atoms with Gasteiger partial charge in [0.2, 0.25) is 11.8 Å². The summed E-state index contributed by atoms with van der Waals surface area (Å²) < 4.78 is 34.4. The van der Waals surface area contributed by atoms with Crippen molar-refractivity contribution >= 4 is 39.1 Å². The van der Waals surface area contributed by atoms with E-state index in [-0.39, 0.29) is 17.3 Å². The van der Waals surface area contributed by atoms with E-state index in [1.54, 1.807) is 66.7 Å². The molecule has 0 saturated carbocycles. The van der Waals surface area contributed by atoms with Gasteiger partial charge in [0.25, 0.3) is 10.0 Å². The summed E-state index contributed by atoms with van der Waals surface area (Å²) in [5.74, 6) is -0.202. The molecule has 0 fully saturated rings. The summed E-state index contributed by atoms with van der Waals surface area (Å²) in [6, 6.07) is 20.7. The summed E-state index contributed by atoms with van der Waals surface area (Å²) in [5.41, 5.74) is 1.07. The number of hydrogen-bond acceptors (Lipinski definition) is 5. The molecule has 41 heavy (non-hydrogen) atoms. The lowest BCUT2D eigenvalue weighted by atomic mass is 10.1. The second-order valence-corrected chi connectivity index (χ2v) is 11.8. The Kier molecular flexibility index (Phi) is 12.0. The van der Waals surface area contributed by atoms with Gasteiger partial charge >= 0.3 is 0 Å². The fourth-order valence-electron chi connectivity index (χ4n) is 4.34. The molecule has 3 rings (SSSR count). The molecule has 8 nitrogen and oxygen atoms in total. The Morgan fingerprint density at radius 3 is 2.17 bits per heavy atom. The minimum absolute atomic E-state index is 0.0512. The number of halogens is 1. The van der Waals surface area contributed by atoms with E-state index >= 15 is 0 Å². The van der Waals surface area contributed by atoms with E-state index in [9.17, 15) is 18.0 Å². The molecule has 0 aliphatic heterocycles. The number of hydrogen-bond donors (Lipinski definition) is 1. The van der Waals surface area contributed by atoms with Gasteiger partial charge in [-0.1, -0.05) is 62.2 Å². The third kappa shape index (κ3) is 8.71. The van der Waals surface area contributed by atoms with E-state index in [2.05, 4.69) is 5.32 Å². The predicted molar refractivity (Wildman–Crippen MR) is 163 cm³/mol. The molecule has 220 valence electrons. The normalized spacial score (nSPS) is 11.9. The number of ether oxygens (including phenoxy) is 1. The highest BCUT2D eigenvalue weighted by Gasteiger charge is 2.33. The van der Waals surface area contributed by atoms with Crippen molar-refractivity contribution in [2.75, 3.05) is 24.0 Å². The third-order valence-electron chi connectivity index (χ3n) is 6.53. The Labute approximate surface area is 248 Å². The van der Waals surface area contributed by atoms with Gasteiger partial charge in [0, 0.05) is 18.1 Å².